The number of aliphatic hydroxyl groups excluding tert-OH is 1. The summed E-state index contributed by atoms with van der Waals surface area (Å²) in [4.78, 5) is 0. The Labute approximate surface area is 84.7 Å². The smallest absolute Gasteiger partial charge is 0.449 e. The van der Waals surface area contributed by atoms with E-state index in [4.69, 9.17) is 10.8 Å². The summed E-state index contributed by atoms with van der Waals surface area (Å²) in [7, 11) is 0. The molecule has 0 saturated carbocycles. The second kappa shape index (κ2) is 3.86. The van der Waals surface area contributed by atoms with Gasteiger partial charge in [-0.3, -0.25) is 0 Å². The molecule has 0 bridgehead atoms. The fraction of sp³-hybridized carbons (Fsp3) is 0.556. The van der Waals surface area contributed by atoms with Crippen molar-refractivity contribution < 1.29 is 22.7 Å². The highest BCUT2D eigenvalue weighted by molar-refractivity contribution is 5.27. The summed E-state index contributed by atoms with van der Waals surface area (Å²) in [5, 5.41) is 9.14. The van der Waals surface area contributed by atoms with Gasteiger partial charge < -0.3 is 15.3 Å². The highest BCUT2D eigenvalue weighted by atomic mass is 19.4. The van der Waals surface area contributed by atoms with E-state index in [1.165, 1.54) is 19.9 Å². The molecule has 1 aromatic heterocycles. The maximum atomic E-state index is 12.5. The minimum atomic E-state index is -4.59. The lowest BCUT2D eigenvalue weighted by molar-refractivity contribution is -0.154. The van der Waals surface area contributed by atoms with Gasteiger partial charge in [0.1, 0.15) is 5.76 Å². The van der Waals surface area contributed by atoms with E-state index in [1.54, 1.807) is 0 Å². The van der Waals surface area contributed by atoms with Gasteiger partial charge in [0.15, 0.2) is 0 Å². The van der Waals surface area contributed by atoms with Crippen LogP contribution in [0.4, 0.5) is 13.2 Å². The van der Waals surface area contributed by atoms with Crippen LogP contribution in [0.3, 0.4) is 0 Å². The minimum absolute atomic E-state index is 0.119. The zero-order chi connectivity index (χ0) is 11.8. The molecule has 0 aliphatic heterocycles. The van der Waals surface area contributed by atoms with Crippen LogP contribution in [-0.4, -0.2) is 11.2 Å². The molecule has 15 heavy (non-hydrogen) atoms. The molecule has 3 N–H and O–H groups in total. The molecule has 0 spiro atoms. The summed E-state index contributed by atoms with van der Waals surface area (Å²) in [6.45, 7) is 2.72. The van der Waals surface area contributed by atoms with E-state index in [2.05, 4.69) is 4.42 Å². The van der Waals surface area contributed by atoms with Crippen molar-refractivity contribution in [2.75, 3.05) is 0 Å². The molecule has 0 saturated heterocycles. The van der Waals surface area contributed by atoms with Gasteiger partial charge in [0.05, 0.1) is 12.1 Å². The normalized spacial score (nSPS) is 16.5. The van der Waals surface area contributed by atoms with Gasteiger partial charge in [-0.2, -0.15) is 13.2 Å². The first-order valence-corrected chi connectivity index (χ1v) is 4.34. The third-order valence-electron chi connectivity index (χ3n) is 2.02. The molecule has 1 rings (SSSR count). The molecule has 0 radical (unpaired) electrons. The average molecular weight is 223 g/mol. The lowest BCUT2D eigenvalue weighted by Gasteiger charge is -2.15. The SMILES string of the molecule is Cc1cc(C(N)C(C)O)c(C(F)(F)F)o1. The molecule has 6 heteroatoms. The van der Waals surface area contributed by atoms with Crippen molar-refractivity contribution in [3.8, 4) is 0 Å². The number of furan rings is 1. The van der Waals surface area contributed by atoms with E-state index in [1.807, 2.05) is 0 Å². The van der Waals surface area contributed by atoms with Crippen molar-refractivity contribution in [2.24, 2.45) is 5.73 Å². The highest BCUT2D eigenvalue weighted by Crippen LogP contribution is 2.36. The zero-order valence-corrected chi connectivity index (χ0v) is 8.30. The minimum Gasteiger partial charge on any atom is -0.456 e. The van der Waals surface area contributed by atoms with Crippen LogP contribution in [-0.2, 0) is 6.18 Å². The maximum Gasteiger partial charge on any atom is 0.449 e. The van der Waals surface area contributed by atoms with Gasteiger partial charge in [0.25, 0.3) is 0 Å². The Morgan fingerprint density at radius 3 is 2.40 bits per heavy atom. The quantitative estimate of drug-likeness (QED) is 0.806. The topological polar surface area (TPSA) is 59.4 Å². The Morgan fingerprint density at radius 1 is 1.47 bits per heavy atom. The molecule has 0 amide bonds. The first kappa shape index (κ1) is 12.1. The van der Waals surface area contributed by atoms with Gasteiger partial charge >= 0.3 is 6.18 Å². The molecule has 3 nitrogen and oxygen atoms in total. The zero-order valence-electron chi connectivity index (χ0n) is 8.30. The second-order valence-corrected chi connectivity index (χ2v) is 3.41. The van der Waals surface area contributed by atoms with Gasteiger partial charge in [0, 0.05) is 5.56 Å². The molecule has 0 aliphatic carbocycles. The number of aryl methyl sites for hydroxylation is 1. The van der Waals surface area contributed by atoms with Crippen molar-refractivity contribution in [3.63, 3.8) is 0 Å². The van der Waals surface area contributed by atoms with Gasteiger partial charge in [-0.15, -0.1) is 0 Å². The van der Waals surface area contributed by atoms with Crippen LogP contribution in [0.25, 0.3) is 0 Å². The van der Waals surface area contributed by atoms with E-state index < -0.39 is 24.1 Å². The number of aliphatic hydroxyl groups is 1. The van der Waals surface area contributed by atoms with Crippen LogP contribution >= 0.6 is 0 Å². The van der Waals surface area contributed by atoms with Gasteiger partial charge in [-0.1, -0.05) is 0 Å². The summed E-state index contributed by atoms with van der Waals surface area (Å²) >= 11 is 0. The summed E-state index contributed by atoms with van der Waals surface area (Å²) in [5.74, 6) is -1.01. The highest BCUT2D eigenvalue weighted by Gasteiger charge is 2.39. The van der Waals surface area contributed by atoms with Crippen molar-refractivity contribution in [1.29, 1.82) is 0 Å². The molecule has 0 aromatic carbocycles. The monoisotopic (exact) mass is 223 g/mol. The third kappa shape index (κ3) is 2.51. The van der Waals surface area contributed by atoms with Crippen LogP contribution in [0, 0.1) is 6.92 Å². The van der Waals surface area contributed by atoms with E-state index in [0.29, 0.717) is 0 Å². The van der Waals surface area contributed by atoms with E-state index in [9.17, 15) is 13.2 Å². The first-order valence-electron chi connectivity index (χ1n) is 4.34. The fourth-order valence-corrected chi connectivity index (χ4v) is 1.26. The van der Waals surface area contributed by atoms with Crippen molar-refractivity contribution >= 4 is 0 Å². The summed E-state index contributed by atoms with van der Waals surface area (Å²) in [6, 6.07) is 0.0966. The molecule has 1 heterocycles. The number of alkyl halides is 3. The number of nitrogens with two attached hydrogens (primary N) is 1. The van der Waals surface area contributed by atoms with Crippen LogP contribution in [0.2, 0.25) is 0 Å². The lowest BCUT2D eigenvalue weighted by Crippen LogP contribution is -2.25. The Balaban J connectivity index is 3.18. The number of hydrogen-bond donors (Lipinski definition) is 2. The molecule has 1 aromatic rings. The summed E-state index contributed by atoms with van der Waals surface area (Å²) in [5.41, 5.74) is 5.23. The van der Waals surface area contributed by atoms with Crippen LogP contribution < -0.4 is 5.73 Å². The lowest BCUT2D eigenvalue weighted by atomic mass is 10.0. The molecular weight excluding hydrogens is 211 g/mol. The van der Waals surface area contributed by atoms with Crippen LogP contribution in [0.1, 0.15) is 30.0 Å². The number of hydrogen-bond acceptors (Lipinski definition) is 3. The standard InChI is InChI=1S/C9H12F3NO2/c1-4-3-6(7(13)5(2)14)8(15-4)9(10,11)12/h3,5,7,14H,13H2,1-2H3. The number of rotatable bonds is 2. The van der Waals surface area contributed by atoms with Gasteiger partial charge in [-0.05, 0) is 19.9 Å². The van der Waals surface area contributed by atoms with Crippen LogP contribution in [0.5, 0.6) is 0 Å². The van der Waals surface area contributed by atoms with E-state index >= 15 is 0 Å². The average Bonchev–Trinajstić information content (AvgIpc) is 2.44. The number of halogens is 3. The first-order chi connectivity index (χ1) is 6.73. The Bertz CT molecular complexity index is 344. The van der Waals surface area contributed by atoms with Crippen molar-refractivity contribution in [1.82, 2.24) is 0 Å². The van der Waals surface area contributed by atoms with Crippen molar-refractivity contribution in [2.45, 2.75) is 32.2 Å². The van der Waals surface area contributed by atoms with Gasteiger partial charge in [0.2, 0.25) is 5.76 Å². The largest absolute Gasteiger partial charge is 0.456 e. The molecule has 86 valence electrons. The summed E-state index contributed by atoms with van der Waals surface area (Å²) in [6.07, 6.45) is -5.65. The molecule has 0 aliphatic rings. The van der Waals surface area contributed by atoms with Crippen LogP contribution in [0.15, 0.2) is 10.5 Å². The fourth-order valence-electron chi connectivity index (χ4n) is 1.26. The molecule has 0 fully saturated rings. The second-order valence-electron chi connectivity index (χ2n) is 3.41. The maximum absolute atomic E-state index is 12.5. The van der Waals surface area contributed by atoms with Gasteiger partial charge in [-0.25, -0.2) is 0 Å². The van der Waals surface area contributed by atoms with E-state index in [-0.39, 0.29) is 11.3 Å². The molecular formula is C9H12F3NO2. The summed E-state index contributed by atoms with van der Waals surface area (Å²) < 4.78 is 41.9. The predicted octanol–water partition coefficient (Wildman–Crippen LogP) is 1.99. The molecule has 2 atom stereocenters. The Kier molecular flexibility index (Phi) is 3.11. The Morgan fingerprint density at radius 2 is 2.00 bits per heavy atom. The third-order valence-corrected chi connectivity index (χ3v) is 2.02. The molecule has 2 unspecified atom stereocenters. The van der Waals surface area contributed by atoms with Crippen molar-refractivity contribution in [3.05, 3.63) is 23.2 Å². The van der Waals surface area contributed by atoms with E-state index in [0.717, 1.165) is 0 Å². The predicted molar refractivity (Wildman–Crippen MR) is 47.1 cm³/mol. The Hall–Kier alpha value is -1.01.